The van der Waals surface area contributed by atoms with Gasteiger partial charge in [-0.1, -0.05) is 0 Å². The van der Waals surface area contributed by atoms with E-state index in [1.54, 1.807) is 23.6 Å². The first-order valence-corrected chi connectivity index (χ1v) is 13.5. The van der Waals surface area contributed by atoms with Crippen molar-refractivity contribution in [3.63, 3.8) is 0 Å². The van der Waals surface area contributed by atoms with Gasteiger partial charge in [0.25, 0.3) is 5.91 Å². The summed E-state index contributed by atoms with van der Waals surface area (Å²) in [6, 6.07) is 3.79. The second-order valence-electron chi connectivity index (χ2n) is 8.87. The van der Waals surface area contributed by atoms with E-state index in [-0.39, 0.29) is 30.2 Å². The molecular formula is C24H28N6O3S2. The van der Waals surface area contributed by atoms with Crippen LogP contribution in [0.15, 0.2) is 23.7 Å². The van der Waals surface area contributed by atoms with Gasteiger partial charge in [0.15, 0.2) is 5.13 Å². The van der Waals surface area contributed by atoms with Crippen LogP contribution in [0.3, 0.4) is 0 Å². The third kappa shape index (κ3) is 5.01. The molecule has 1 unspecified atom stereocenters. The number of ether oxygens (including phenoxy) is 1. The molecule has 2 aliphatic rings. The quantitative estimate of drug-likeness (QED) is 0.483. The lowest BCUT2D eigenvalue weighted by Crippen LogP contribution is -2.49. The van der Waals surface area contributed by atoms with Gasteiger partial charge < -0.3 is 20.3 Å². The zero-order valence-corrected chi connectivity index (χ0v) is 21.5. The van der Waals surface area contributed by atoms with Crippen LogP contribution >= 0.6 is 22.7 Å². The number of nitrogens with zero attached hydrogens (tertiary/aromatic N) is 4. The smallest absolute Gasteiger partial charge is 0.407 e. The Hall–Kier alpha value is -3.05. The van der Waals surface area contributed by atoms with Gasteiger partial charge >= 0.3 is 6.09 Å². The van der Waals surface area contributed by atoms with Crippen molar-refractivity contribution >= 4 is 45.6 Å². The van der Waals surface area contributed by atoms with Gasteiger partial charge in [-0.2, -0.15) is 0 Å². The van der Waals surface area contributed by atoms with Crippen LogP contribution < -0.4 is 10.6 Å². The molecule has 184 valence electrons. The van der Waals surface area contributed by atoms with Crippen LogP contribution in [0.4, 0.5) is 15.7 Å². The molecule has 2 fully saturated rings. The second-order valence-corrected chi connectivity index (χ2v) is 10.9. The standard InChI is InChI=1S/C24H28N6O3S2/c1-4-25-24(32)33-18-9-16-6-7-17(10-18)30(16)22(31)15-5-8-20(26-11-15)29-23-28-19(12-34-23)21-13(2)27-14(3)35-21/h5,8,11-12,16-18H,4,6-7,9-10H2,1-3H3,(H,25,32)(H,26,28,29)/t16-,17+,18?. The Kier molecular flexibility index (Phi) is 6.70. The Morgan fingerprint density at radius 1 is 1.17 bits per heavy atom. The van der Waals surface area contributed by atoms with Gasteiger partial charge in [-0.3, -0.25) is 4.79 Å². The van der Waals surface area contributed by atoms with Gasteiger partial charge in [-0.05, 0) is 45.7 Å². The molecule has 5 heterocycles. The highest BCUT2D eigenvalue weighted by Gasteiger charge is 2.44. The molecule has 11 heteroatoms. The zero-order valence-electron chi connectivity index (χ0n) is 19.9. The van der Waals surface area contributed by atoms with Crippen LogP contribution in [0.25, 0.3) is 10.6 Å². The highest BCUT2D eigenvalue weighted by atomic mass is 32.1. The summed E-state index contributed by atoms with van der Waals surface area (Å²) in [7, 11) is 0. The van der Waals surface area contributed by atoms with E-state index in [9.17, 15) is 9.59 Å². The molecule has 0 radical (unpaired) electrons. The van der Waals surface area contributed by atoms with Crippen LogP contribution in [0.5, 0.6) is 0 Å². The van der Waals surface area contributed by atoms with Crippen LogP contribution in [0.1, 0.15) is 53.7 Å². The summed E-state index contributed by atoms with van der Waals surface area (Å²) in [6.07, 6.45) is 4.32. The SMILES string of the molecule is CCNC(=O)OC1C[C@H]2CC[C@@H](C1)N2C(=O)c1ccc(Nc2nc(-c3sc(C)nc3C)cs2)nc1. The van der Waals surface area contributed by atoms with Gasteiger partial charge in [0.1, 0.15) is 11.9 Å². The molecule has 2 amide bonds. The number of pyridine rings is 1. The van der Waals surface area contributed by atoms with E-state index in [1.165, 1.54) is 11.3 Å². The van der Waals surface area contributed by atoms with E-state index in [0.29, 0.717) is 30.8 Å². The van der Waals surface area contributed by atoms with E-state index in [2.05, 4.69) is 25.6 Å². The number of carbonyl (C=O) groups excluding carboxylic acids is 2. The fourth-order valence-corrected chi connectivity index (χ4v) is 6.61. The Bertz CT molecular complexity index is 1210. The molecular weight excluding hydrogens is 484 g/mol. The van der Waals surface area contributed by atoms with Crippen LogP contribution in [0.2, 0.25) is 0 Å². The summed E-state index contributed by atoms with van der Waals surface area (Å²) in [5.74, 6) is 0.622. The zero-order chi connectivity index (χ0) is 24.5. The van der Waals surface area contributed by atoms with Crippen molar-refractivity contribution in [3.05, 3.63) is 40.0 Å². The van der Waals surface area contributed by atoms with Gasteiger partial charge in [0, 0.05) is 43.0 Å². The number of carbonyl (C=O) groups is 2. The number of anilines is 2. The number of piperidine rings is 1. The van der Waals surface area contributed by atoms with E-state index in [0.717, 1.165) is 39.2 Å². The predicted octanol–water partition coefficient (Wildman–Crippen LogP) is 4.90. The average Bonchev–Trinajstić information content (AvgIpc) is 3.49. The molecule has 5 rings (SSSR count). The van der Waals surface area contributed by atoms with E-state index in [1.807, 2.05) is 37.1 Å². The number of aryl methyl sites for hydroxylation is 2. The molecule has 0 spiro atoms. The minimum atomic E-state index is -0.381. The van der Waals surface area contributed by atoms with Gasteiger partial charge in [-0.25, -0.2) is 19.7 Å². The lowest BCUT2D eigenvalue weighted by atomic mass is 9.98. The molecule has 2 bridgehead atoms. The molecule has 35 heavy (non-hydrogen) atoms. The molecule has 2 N–H and O–H groups in total. The van der Waals surface area contributed by atoms with Crippen molar-refractivity contribution in [2.24, 2.45) is 0 Å². The van der Waals surface area contributed by atoms with Crippen molar-refractivity contribution in [2.75, 3.05) is 11.9 Å². The van der Waals surface area contributed by atoms with Gasteiger partial charge in [0.05, 0.1) is 26.8 Å². The highest BCUT2D eigenvalue weighted by molar-refractivity contribution is 7.16. The summed E-state index contributed by atoms with van der Waals surface area (Å²) in [6.45, 7) is 6.39. The number of hydrogen-bond acceptors (Lipinski definition) is 9. The maximum absolute atomic E-state index is 13.3. The third-order valence-electron chi connectivity index (χ3n) is 6.40. The fraction of sp³-hybridized carbons (Fsp3) is 0.458. The number of nitrogens with one attached hydrogen (secondary N) is 2. The number of hydrogen-bond donors (Lipinski definition) is 2. The maximum atomic E-state index is 13.3. The minimum absolute atomic E-state index is 0.0133. The van der Waals surface area contributed by atoms with Gasteiger partial charge in [-0.15, -0.1) is 22.7 Å². The largest absolute Gasteiger partial charge is 0.446 e. The Labute approximate surface area is 212 Å². The Balaban J connectivity index is 1.22. The molecule has 3 atom stereocenters. The Morgan fingerprint density at radius 2 is 1.94 bits per heavy atom. The van der Waals surface area contributed by atoms with Crippen molar-refractivity contribution < 1.29 is 14.3 Å². The summed E-state index contributed by atoms with van der Waals surface area (Å²) in [5, 5.41) is 9.68. The summed E-state index contributed by atoms with van der Waals surface area (Å²) in [4.78, 5) is 41.7. The van der Waals surface area contributed by atoms with Crippen molar-refractivity contribution in [2.45, 2.75) is 64.6 Å². The number of alkyl carbamates (subject to hydrolysis) is 1. The third-order valence-corrected chi connectivity index (χ3v) is 8.26. The minimum Gasteiger partial charge on any atom is -0.446 e. The lowest BCUT2D eigenvalue weighted by molar-refractivity contribution is 0.0179. The van der Waals surface area contributed by atoms with Crippen molar-refractivity contribution in [1.82, 2.24) is 25.2 Å². The Morgan fingerprint density at radius 3 is 2.57 bits per heavy atom. The van der Waals surface area contributed by atoms with Crippen LogP contribution in [-0.2, 0) is 4.74 Å². The second kappa shape index (κ2) is 9.90. The van der Waals surface area contributed by atoms with Crippen LogP contribution in [-0.4, -0.2) is 56.6 Å². The van der Waals surface area contributed by atoms with Crippen molar-refractivity contribution in [1.29, 1.82) is 0 Å². The fourth-order valence-electron chi connectivity index (χ4n) is 4.95. The molecule has 0 saturated carbocycles. The average molecular weight is 513 g/mol. The summed E-state index contributed by atoms with van der Waals surface area (Å²) < 4.78 is 5.54. The number of aromatic nitrogens is 3. The summed E-state index contributed by atoms with van der Waals surface area (Å²) >= 11 is 3.14. The maximum Gasteiger partial charge on any atom is 0.407 e. The molecule has 2 aliphatic heterocycles. The molecule has 2 saturated heterocycles. The highest BCUT2D eigenvalue weighted by Crippen LogP contribution is 2.38. The molecule has 9 nitrogen and oxygen atoms in total. The molecule has 3 aromatic heterocycles. The first kappa shape index (κ1) is 23.7. The van der Waals surface area contributed by atoms with E-state index < -0.39 is 0 Å². The van der Waals surface area contributed by atoms with E-state index >= 15 is 0 Å². The first-order chi connectivity index (χ1) is 16.9. The topological polar surface area (TPSA) is 109 Å². The van der Waals surface area contributed by atoms with Crippen LogP contribution in [0, 0.1) is 13.8 Å². The van der Waals surface area contributed by atoms with E-state index in [4.69, 9.17) is 4.74 Å². The number of rotatable bonds is 6. The van der Waals surface area contributed by atoms with Crippen molar-refractivity contribution in [3.8, 4) is 10.6 Å². The van der Waals surface area contributed by atoms with Gasteiger partial charge in [0.2, 0.25) is 0 Å². The molecule has 0 aliphatic carbocycles. The molecule has 3 aromatic rings. The lowest BCUT2D eigenvalue weighted by Gasteiger charge is -2.38. The number of fused-ring (bicyclic) bond motifs is 2. The number of amides is 2. The summed E-state index contributed by atoms with van der Waals surface area (Å²) in [5.41, 5.74) is 2.45. The first-order valence-electron chi connectivity index (χ1n) is 11.8. The predicted molar refractivity (Wildman–Crippen MR) is 136 cm³/mol. The normalized spacial score (nSPS) is 21.1. The monoisotopic (exact) mass is 512 g/mol. The molecule has 0 aromatic carbocycles. The number of thiazole rings is 2.